The molecule has 176 valence electrons. The van der Waals surface area contributed by atoms with E-state index in [4.69, 9.17) is 4.74 Å². The first kappa shape index (κ1) is 26.2. The molecule has 9 heteroatoms. The predicted molar refractivity (Wildman–Crippen MR) is 130 cm³/mol. The van der Waals surface area contributed by atoms with Crippen molar-refractivity contribution < 1.29 is 22.6 Å². The number of ether oxygens (including phenoxy) is 2. The molecular formula is C23H29F3IN3O2. The van der Waals surface area contributed by atoms with Crippen molar-refractivity contribution in [3.63, 3.8) is 0 Å². The number of benzene rings is 2. The lowest BCUT2D eigenvalue weighted by Crippen LogP contribution is -2.48. The molecule has 1 heterocycles. The summed E-state index contributed by atoms with van der Waals surface area (Å²) in [7, 11) is 1.65. The molecule has 0 aromatic heterocycles. The van der Waals surface area contributed by atoms with Gasteiger partial charge in [0.25, 0.3) is 0 Å². The second-order valence-corrected chi connectivity index (χ2v) is 7.67. The highest BCUT2D eigenvalue weighted by atomic mass is 127. The van der Waals surface area contributed by atoms with Crippen molar-refractivity contribution in [2.24, 2.45) is 4.99 Å². The van der Waals surface area contributed by atoms with E-state index in [-0.39, 0.29) is 47.5 Å². The first-order valence-corrected chi connectivity index (χ1v) is 10.2. The van der Waals surface area contributed by atoms with Crippen molar-refractivity contribution in [1.29, 1.82) is 0 Å². The third-order valence-corrected chi connectivity index (χ3v) is 5.60. The molecular weight excluding hydrogens is 534 g/mol. The van der Waals surface area contributed by atoms with Gasteiger partial charge in [-0.25, -0.2) is 4.39 Å². The summed E-state index contributed by atoms with van der Waals surface area (Å²) in [5.41, 5.74) is 2.39. The molecule has 0 unspecified atom stereocenters. The minimum atomic E-state index is -2.89. The van der Waals surface area contributed by atoms with Gasteiger partial charge in [0.1, 0.15) is 11.6 Å². The molecule has 0 bridgehead atoms. The van der Waals surface area contributed by atoms with Gasteiger partial charge in [-0.3, -0.25) is 4.99 Å². The van der Waals surface area contributed by atoms with E-state index in [1.807, 2.05) is 19.1 Å². The summed E-state index contributed by atoms with van der Waals surface area (Å²) in [6.07, 6.45) is 1.60. The van der Waals surface area contributed by atoms with Gasteiger partial charge in [-0.1, -0.05) is 29.8 Å². The number of aliphatic imine (C=N–C) groups is 1. The Labute approximate surface area is 203 Å². The third kappa shape index (κ3) is 6.99. The normalized spacial score (nSPS) is 15.8. The molecule has 1 aliphatic heterocycles. The van der Waals surface area contributed by atoms with Crippen LogP contribution in [0.4, 0.5) is 13.2 Å². The molecule has 0 spiro atoms. The maximum Gasteiger partial charge on any atom is 0.387 e. The van der Waals surface area contributed by atoms with Gasteiger partial charge in [0.15, 0.2) is 5.96 Å². The molecule has 1 fully saturated rings. The Balaban J connectivity index is 0.00000363. The van der Waals surface area contributed by atoms with Crippen molar-refractivity contribution in [1.82, 2.24) is 10.6 Å². The highest BCUT2D eigenvalue weighted by Gasteiger charge is 2.34. The van der Waals surface area contributed by atoms with Crippen LogP contribution in [0.5, 0.6) is 5.75 Å². The summed E-state index contributed by atoms with van der Waals surface area (Å²) in [4.78, 5) is 4.25. The molecule has 2 N–H and O–H groups in total. The molecule has 0 radical (unpaired) electrons. The SMILES string of the molecule is CN=C(NCc1cc(C)ccc1OC(F)F)NCC1(c2ccc(F)cc2)CCOCC1.I. The van der Waals surface area contributed by atoms with E-state index in [1.165, 1.54) is 12.1 Å². The van der Waals surface area contributed by atoms with E-state index in [2.05, 4.69) is 20.4 Å². The van der Waals surface area contributed by atoms with Gasteiger partial charge < -0.3 is 20.1 Å². The summed E-state index contributed by atoms with van der Waals surface area (Å²) >= 11 is 0. The Hall–Kier alpha value is -2.01. The summed E-state index contributed by atoms with van der Waals surface area (Å²) in [5, 5.41) is 6.51. The lowest BCUT2D eigenvalue weighted by atomic mass is 9.74. The number of nitrogens with one attached hydrogen (secondary N) is 2. The topological polar surface area (TPSA) is 54.9 Å². The third-order valence-electron chi connectivity index (χ3n) is 5.60. The Morgan fingerprint density at radius 3 is 2.44 bits per heavy atom. The lowest BCUT2D eigenvalue weighted by molar-refractivity contribution is -0.0504. The fourth-order valence-corrected chi connectivity index (χ4v) is 3.84. The number of nitrogens with zero attached hydrogens (tertiary/aromatic N) is 1. The Kier molecular flexibility index (Phi) is 10.1. The van der Waals surface area contributed by atoms with E-state index < -0.39 is 6.61 Å². The van der Waals surface area contributed by atoms with E-state index in [9.17, 15) is 13.2 Å². The van der Waals surface area contributed by atoms with Gasteiger partial charge in [-0.2, -0.15) is 8.78 Å². The van der Waals surface area contributed by atoms with Crippen LogP contribution in [0, 0.1) is 12.7 Å². The zero-order valence-corrected chi connectivity index (χ0v) is 20.5. The first-order chi connectivity index (χ1) is 14.9. The minimum Gasteiger partial charge on any atom is -0.434 e. The zero-order valence-electron chi connectivity index (χ0n) is 18.2. The van der Waals surface area contributed by atoms with Gasteiger partial charge in [0.05, 0.1) is 0 Å². The molecule has 32 heavy (non-hydrogen) atoms. The van der Waals surface area contributed by atoms with E-state index >= 15 is 0 Å². The van der Waals surface area contributed by atoms with Crippen LogP contribution in [0.1, 0.15) is 29.5 Å². The van der Waals surface area contributed by atoms with Crippen LogP contribution in [0.15, 0.2) is 47.5 Å². The maximum atomic E-state index is 13.4. The second kappa shape index (κ2) is 12.3. The molecule has 0 saturated carbocycles. The van der Waals surface area contributed by atoms with E-state index in [0.29, 0.717) is 31.3 Å². The highest BCUT2D eigenvalue weighted by molar-refractivity contribution is 14.0. The van der Waals surface area contributed by atoms with Crippen molar-refractivity contribution >= 4 is 29.9 Å². The van der Waals surface area contributed by atoms with Gasteiger partial charge >= 0.3 is 6.61 Å². The van der Waals surface area contributed by atoms with E-state index in [0.717, 1.165) is 24.0 Å². The average Bonchev–Trinajstić information content (AvgIpc) is 2.76. The summed E-state index contributed by atoms with van der Waals surface area (Å²) in [5.74, 6) is 0.407. The summed E-state index contributed by atoms with van der Waals surface area (Å²) in [6.45, 7) is 1.11. The van der Waals surface area contributed by atoms with Gasteiger partial charge in [0.2, 0.25) is 0 Å². The Bertz CT molecular complexity index is 889. The molecule has 5 nitrogen and oxygen atoms in total. The Morgan fingerprint density at radius 1 is 1.12 bits per heavy atom. The monoisotopic (exact) mass is 563 g/mol. The fourth-order valence-electron chi connectivity index (χ4n) is 3.84. The largest absolute Gasteiger partial charge is 0.434 e. The van der Waals surface area contributed by atoms with Crippen LogP contribution in [-0.2, 0) is 16.7 Å². The van der Waals surface area contributed by atoms with Crippen molar-refractivity contribution in [2.75, 3.05) is 26.8 Å². The summed E-state index contributed by atoms with van der Waals surface area (Å²) in [6, 6.07) is 11.7. The predicted octanol–water partition coefficient (Wildman–Crippen LogP) is 4.77. The van der Waals surface area contributed by atoms with Gasteiger partial charge in [0, 0.05) is 44.3 Å². The molecule has 3 rings (SSSR count). The van der Waals surface area contributed by atoms with Gasteiger partial charge in [-0.05, 0) is 43.5 Å². The quantitative estimate of drug-likeness (QED) is 0.290. The van der Waals surface area contributed by atoms with Crippen LogP contribution < -0.4 is 15.4 Å². The molecule has 2 aromatic carbocycles. The Morgan fingerprint density at radius 2 is 1.81 bits per heavy atom. The number of aryl methyl sites for hydroxylation is 1. The summed E-state index contributed by atoms with van der Waals surface area (Å²) < 4.78 is 49.0. The fraction of sp³-hybridized carbons (Fsp3) is 0.435. The molecule has 0 amide bonds. The second-order valence-electron chi connectivity index (χ2n) is 7.67. The van der Waals surface area contributed by atoms with E-state index in [1.54, 1.807) is 25.2 Å². The molecule has 1 saturated heterocycles. The lowest BCUT2D eigenvalue weighted by Gasteiger charge is -2.38. The van der Waals surface area contributed by atoms with Crippen LogP contribution in [0.3, 0.4) is 0 Å². The standard InChI is InChI=1S/C23H28F3N3O2.HI/c1-16-3-8-20(31-21(25)26)17(13-16)14-28-22(27-2)29-15-23(9-11-30-12-10-23)18-4-6-19(24)7-5-18;/h3-8,13,21H,9-12,14-15H2,1-2H3,(H2,27,28,29);1H. The van der Waals surface area contributed by atoms with Crippen molar-refractivity contribution in [2.45, 2.75) is 38.3 Å². The van der Waals surface area contributed by atoms with Crippen LogP contribution in [-0.4, -0.2) is 39.4 Å². The highest BCUT2D eigenvalue weighted by Crippen LogP contribution is 2.34. The molecule has 2 aromatic rings. The van der Waals surface area contributed by atoms with Gasteiger partial charge in [-0.15, -0.1) is 24.0 Å². The average molecular weight is 563 g/mol. The minimum absolute atomic E-state index is 0. The maximum absolute atomic E-state index is 13.4. The number of rotatable bonds is 7. The van der Waals surface area contributed by atoms with Crippen LogP contribution >= 0.6 is 24.0 Å². The number of hydrogen-bond donors (Lipinski definition) is 2. The van der Waals surface area contributed by atoms with Crippen LogP contribution in [0.25, 0.3) is 0 Å². The zero-order chi connectivity index (χ0) is 22.3. The van der Waals surface area contributed by atoms with Crippen LogP contribution in [0.2, 0.25) is 0 Å². The molecule has 0 atom stereocenters. The molecule has 0 aliphatic carbocycles. The smallest absolute Gasteiger partial charge is 0.387 e. The number of halogens is 4. The number of alkyl halides is 2. The number of guanidine groups is 1. The number of hydrogen-bond acceptors (Lipinski definition) is 3. The van der Waals surface area contributed by atoms with Crippen molar-refractivity contribution in [3.8, 4) is 5.75 Å². The van der Waals surface area contributed by atoms with Crippen molar-refractivity contribution in [3.05, 3.63) is 65.0 Å². The first-order valence-electron chi connectivity index (χ1n) is 10.2. The molecule has 1 aliphatic rings.